The summed E-state index contributed by atoms with van der Waals surface area (Å²) in [6.07, 6.45) is 4.71. The molecule has 6 heteroatoms. The maximum atomic E-state index is 12.2. The van der Waals surface area contributed by atoms with Crippen LogP contribution in [0.4, 0.5) is 0 Å². The van der Waals surface area contributed by atoms with Gasteiger partial charge in [0.25, 0.3) is 0 Å². The van der Waals surface area contributed by atoms with Crippen molar-refractivity contribution in [3.05, 3.63) is 0 Å². The van der Waals surface area contributed by atoms with E-state index in [0.717, 1.165) is 25.7 Å². The van der Waals surface area contributed by atoms with Gasteiger partial charge >= 0.3 is 0 Å². The fourth-order valence-corrected chi connectivity index (χ4v) is 3.02. The number of carbonyl (C=O) groups excluding carboxylic acids is 3. The summed E-state index contributed by atoms with van der Waals surface area (Å²) in [6.45, 7) is 4.10. The van der Waals surface area contributed by atoms with Crippen molar-refractivity contribution in [3.8, 4) is 0 Å². The number of nitrogens with zero attached hydrogens (tertiary/aromatic N) is 1. The molecule has 1 unspecified atom stereocenters. The predicted molar refractivity (Wildman–Crippen MR) is 78.1 cm³/mol. The number of primary amides is 1. The van der Waals surface area contributed by atoms with Crippen LogP contribution in [0.1, 0.15) is 46.0 Å². The van der Waals surface area contributed by atoms with Crippen molar-refractivity contribution in [1.82, 2.24) is 10.2 Å². The highest BCUT2D eigenvalue weighted by atomic mass is 16.2. The second-order valence-corrected chi connectivity index (χ2v) is 6.85. The van der Waals surface area contributed by atoms with E-state index in [1.54, 1.807) is 13.8 Å². The molecule has 1 aliphatic heterocycles. The van der Waals surface area contributed by atoms with Crippen molar-refractivity contribution in [2.45, 2.75) is 52.0 Å². The minimum absolute atomic E-state index is 0.0798. The lowest BCUT2D eigenvalue weighted by Gasteiger charge is -2.24. The van der Waals surface area contributed by atoms with Crippen LogP contribution in [0.5, 0.6) is 0 Å². The van der Waals surface area contributed by atoms with Gasteiger partial charge in [-0.2, -0.15) is 0 Å². The van der Waals surface area contributed by atoms with E-state index < -0.39 is 11.3 Å². The van der Waals surface area contributed by atoms with Gasteiger partial charge in [0.1, 0.15) is 0 Å². The van der Waals surface area contributed by atoms with Crippen LogP contribution in [0.25, 0.3) is 0 Å². The summed E-state index contributed by atoms with van der Waals surface area (Å²) in [6, 6.07) is 0.317. The number of hydrogen-bond donors (Lipinski definition) is 2. The van der Waals surface area contributed by atoms with Gasteiger partial charge in [-0.3, -0.25) is 14.4 Å². The molecule has 0 spiro atoms. The van der Waals surface area contributed by atoms with Crippen LogP contribution in [-0.2, 0) is 14.4 Å². The van der Waals surface area contributed by atoms with E-state index in [4.69, 9.17) is 5.73 Å². The minimum atomic E-state index is -0.774. The maximum absolute atomic E-state index is 12.2. The smallest absolute Gasteiger partial charge is 0.225 e. The molecule has 1 saturated heterocycles. The second kappa shape index (κ2) is 6.03. The van der Waals surface area contributed by atoms with Gasteiger partial charge in [0.2, 0.25) is 17.7 Å². The first kappa shape index (κ1) is 15.8. The zero-order chi connectivity index (χ0) is 15.6. The molecule has 21 heavy (non-hydrogen) atoms. The van der Waals surface area contributed by atoms with E-state index in [2.05, 4.69) is 5.32 Å². The van der Waals surface area contributed by atoms with Crippen molar-refractivity contribution in [3.63, 3.8) is 0 Å². The third-order valence-corrected chi connectivity index (χ3v) is 4.67. The molecule has 1 atom stereocenters. The Morgan fingerprint density at radius 3 is 2.52 bits per heavy atom. The van der Waals surface area contributed by atoms with E-state index in [0.29, 0.717) is 12.6 Å². The molecule has 2 aliphatic rings. The van der Waals surface area contributed by atoms with Gasteiger partial charge in [-0.15, -0.1) is 0 Å². The molecule has 3 amide bonds. The summed E-state index contributed by atoms with van der Waals surface area (Å²) in [5, 5.41) is 2.76. The standard InChI is InChI=1S/C15H25N3O3/c1-15(2,14(16)21)9-17-13(20)10-7-12(19)18(8-10)11-5-3-4-6-11/h10-11H,3-9H2,1-2H3,(H2,16,21)(H,17,20). The van der Waals surface area contributed by atoms with Gasteiger partial charge in [-0.1, -0.05) is 12.8 Å². The van der Waals surface area contributed by atoms with E-state index in [1.165, 1.54) is 0 Å². The quantitative estimate of drug-likeness (QED) is 0.769. The molecule has 1 aliphatic carbocycles. The van der Waals surface area contributed by atoms with E-state index >= 15 is 0 Å². The molecule has 0 bridgehead atoms. The number of rotatable bonds is 5. The molecular weight excluding hydrogens is 270 g/mol. The lowest BCUT2D eigenvalue weighted by Crippen LogP contribution is -2.44. The van der Waals surface area contributed by atoms with Gasteiger partial charge in [0, 0.05) is 25.6 Å². The zero-order valence-corrected chi connectivity index (χ0v) is 12.9. The van der Waals surface area contributed by atoms with E-state index in [-0.39, 0.29) is 30.7 Å². The Hall–Kier alpha value is -1.59. The summed E-state index contributed by atoms with van der Waals surface area (Å²) in [7, 11) is 0. The first-order valence-corrected chi connectivity index (χ1v) is 7.68. The largest absolute Gasteiger partial charge is 0.369 e. The fourth-order valence-electron chi connectivity index (χ4n) is 3.02. The number of nitrogens with two attached hydrogens (primary N) is 1. The summed E-state index contributed by atoms with van der Waals surface area (Å²) in [4.78, 5) is 37.3. The number of likely N-dealkylation sites (tertiary alicyclic amines) is 1. The first-order valence-electron chi connectivity index (χ1n) is 7.68. The van der Waals surface area contributed by atoms with Crippen molar-refractivity contribution >= 4 is 17.7 Å². The molecule has 2 fully saturated rings. The molecule has 0 radical (unpaired) electrons. The van der Waals surface area contributed by atoms with Crippen molar-refractivity contribution in [2.75, 3.05) is 13.1 Å². The number of carbonyl (C=O) groups is 3. The maximum Gasteiger partial charge on any atom is 0.225 e. The summed E-state index contributed by atoms with van der Waals surface area (Å²) < 4.78 is 0. The monoisotopic (exact) mass is 295 g/mol. The lowest BCUT2D eigenvalue weighted by atomic mass is 9.92. The van der Waals surface area contributed by atoms with Crippen LogP contribution in [0.15, 0.2) is 0 Å². The Kier molecular flexibility index (Phi) is 4.54. The highest BCUT2D eigenvalue weighted by Gasteiger charge is 2.39. The van der Waals surface area contributed by atoms with E-state index in [9.17, 15) is 14.4 Å². The summed E-state index contributed by atoms with van der Waals surface area (Å²) in [5.74, 6) is -0.825. The second-order valence-electron chi connectivity index (χ2n) is 6.85. The highest BCUT2D eigenvalue weighted by molar-refractivity contribution is 5.90. The molecular formula is C15H25N3O3. The molecule has 0 aromatic heterocycles. The normalized spacial score (nSPS) is 23.6. The Bertz CT molecular complexity index is 441. The molecule has 2 rings (SSSR count). The van der Waals surface area contributed by atoms with Crippen molar-refractivity contribution in [2.24, 2.45) is 17.1 Å². The average Bonchev–Trinajstić information content (AvgIpc) is 3.04. The minimum Gasteiger partial charge on any atom is -0.369 e. The van der Waals surface area contributed by atoms with Crippen LogP contribution in [0.3, 0.4) is 0 Å². The van der Waals surface area contributed by atoms with Gasteiger partial charge in [-0.05, 0) is 26.7 Å². The molecule has 1 saturated carbocycles. The lowest BCUT2D eigenvalue weighted by molar-refractivity contribution is -0.131. The molecule has 6 nitrogen and oxygen atoms in total. The first-order chi connectivity index (χ1) is 9.81. The SMILES string of the molecule is CC(C)(CNC(=O)C1CC(=O)N(C2CCCC2)C1)C(N)=O. The average molecular weight is 295 g/mol. The molecule has 1 heterocycles. The fraction of sp³-hybridized carbons (Fsp3) is 0.800. The van der Waals surface area contributed by atoms with Gasteiger partial charge in [0.05, 0.1) is 11.3 Å². The number of amides is 3. The Morgan fingerprint density at radius 2 is 1.95 bits per heavy atom. The number of nitrogens with one attached hydrogen (secondary N) is 1. The van der Waals surface area contributed by atoms with Crippen LogP contribution in [-0.4, -0.2) is 41.8 Å². The Balaban J connectivity index is 1.87. The van der Waals surface area contributed by atoms with Crippen LogP contribution >= 0.6 is 0 Å². The zero-order valence-electron chi connectivity index (χ0n) is 12.9. The van der Waals surface area contributed by atoms with Gasteiger partial charge in [0.15, 0.2) is 0 Å². The van der Waals surface area contributed by atoms with Crippen LogP contribution in [0.2, 0.25) is 0 Å². The van der Waals surface area contributed by atoms with Crippen LogP contribution < -0.4 is 11.1 Å². The van der Waals surface area contributed by atoms with Gasteiger partial charge in [-0.25, -0.2) is 0 Å². The van der Waals surface area contributed by atoms with Crippen LogP contribution in [0, 0.1) is 11.3 Å². The number of hydrogen-bond acceptors (Lipinski definition) is 3. The third kappa shape index (κ3) is 3.54. The summed E-state index contributed by atoms with van der Waals surface area (Å²) in [5.41, 5.74) is 4.51. The third-order valence-electron chi connectivity index (χ3n) is 4.67. The molecule has 0 aromatic carbocycles. The van der Waals surface area contributed by atoms with Crippen molar-refractivity contribution in [1.29, 1.82) is 0 Å². The predicted octanol–water partition coefficient (Wildman–Crippen LogP) is 0.405. The molecule has 0 aromatic rings. The van der Waals surface area contributed by atoms with E-state index in [1.807, 2.05) is 4.90 Å². The Morgan fingerprint density at radius 1 is 1.33 bits per heavy atom. The van der Waals surface area contributed by atoms with Gasteiger partial charge < -0.3 is 16.0 Å². The highest BCUT2D eigenvalue weighted by Crippen LogP contribution is 2.29. The Labute approximate surface area is 125 Å². The van der Waals surface area contributed by atoms with Crippen molar-refractivity contribution < 1.29 is 14.4 Å². The molecule has 3 N–H and O–H groups in total. The topological polar surface area (TPSA) is 92.5 Å². The summed E-state index contributed by atoms with van der Waals surface area (Å²) >= 11 is 0. The molecule has 118 valence electrons.